The maximum absolute atomic E-state index is 11.2. The molecule has 0 spiro atoms. The Morgan fingerprint density at radius 3 is 2.68 bits per heavy atom. The van der Waals surface area contributed by atoms with Gasteiger partial charge in [0.1, 0.15) is 6.07 Å². The van der Waals surface area contributed by atoms with E-state index in [0.29, 0.717) is 5.56 Å². The number of carbonyl (C=O) groups is 1. The molecule has 12 heteroatoms. The Bertz CT molecular complexity index is 1540. The Hall–Kier alpha value is -4.24. The van der Waals surface area contributed by atoms with Gasteiger partial charge in [0.15, 0.2) is 5.01 Å². The zero-order valence-corrected chi connectivity index (χ0v) is 21.8. The number of nitriles is 1. The van der Waals surface area contributed by atoms with Gasteiger partial charge in [0.2, 0.25) is 5.13 Å². The molecule has 0 unspecified atom stereocenters. The van der Waals surface area contributed by atoms with Gasteiger partial charge in [-0.3, -0.25) is 4.98 Å². The van der Waals surface area contributed by atoms with Crippen molar-refractivity contribution in [1.82, 2.24) is 30.1 Å². The second kappa shape index (κ2) is 9.57. The highest BCUT2D eigenvalue weighted by Crippen LogP contribution is 2.41. The molecule has 3 atom stereocenters. The molecule has 0 radical (unpaired) electrons. The van der Waals surface area contributed by atoms with Gasteiger partial charge < -0.3 is 20.6 Å². The monoisotopic (exact) mass is 529 g/mol. The van der Waals surface area contributed by atoms with E-state index in [1.165, 1.54) is 11.3 Å². The van der Waals surface area contributed by atoms with E-state index in [4.69, 9.17) is 4.98 Å². The van der Waals surface area contributed by atoms with Crippen LogP contribution in [0, 0.1) is 23.2 Å². The van der Waals surface area contributed by atoms with E-state index < -0.39 is 6.09 Å². The highest BCUT2D eigenvalue weighted by atomic mass is 32.1. The number of carboxylic acid groups (broad SMARTS) is 1. The second-order valence-electron chi connectivity index (χ2n) is 10.2. The van der Waals surface area contributed by atoms with Gasteiger partial charge in [0.05, 0.1) is 34.2 Å². The first-order chi connectivity index (χ1) is 18.4. The third-order valence-corrected chi connectivity index (χ3v) is 8.30. The van der Waals surface area contributed by atoms with Gasteiger partial charge in [-0.15, -0.1) is 10.2 Å². The zero-order chi connectivity index (χ0) is 26.4. The Kier molecular flexibility index (Phi) is 6.07. The first-order valence-corrected chi connectivity index (χ1v) is 13.4. The predicted molar refractivity (Wildman–Crippen MR) is 144 cm³/mol. The van der Waals surface area contributed by atoms with Crippen molar-refractivity contribution in [3.63, 3.8) is 0 Å². The number of fused-ring (bicyclic) bond motifs is 3. The minimum absolute atomic E-state index is 0.0147. The fourth-order valence-electron chi connectivity index (χ4n) is 5.66. The number of rotatable bonds is 6. The summed E-state index contributed by atoms with van der Waals surface area (Å²) in [5, 5.41) is 39.7. The molecule has 1 aliphatic carbocycles. The van der Waals surface area contributed by atoms with Gasteiger partial charge in [-0.05, 0) is 62.8 Å². The smallest absolute Gasteiger partial charge is 0.404 e. The van der Waals surface area contributed by atoms with Gasteiger partial charge >= 0.3 is 6.09 Å². The number of nitrogens with one attached hydrogen (secondary N) is 2. The number of anilines is 2. The Balaban J connectivity index is 1.29. The summed E-state index contributed by atoms with van der Waals surface area (Å²) in [6.45, 7) is 5.70. The van der Waals surface area contributed by atoms with Crippen molar-refractivity contribution in [2.24, 2.45) is 11.8 Å². The van der Waals surface area contributed by atoms with Crippen LogP contribution in [0.15, 0.2) is 36.7 Å². The first-order valence-electron chi connectivity index (χ1n) is 12.6. The summed E-state index contributed by atoms with van der Waals surface area (Å²) in [5.41, 5.74) is 4.69. The van der Waals surface area contributed by atoms with E-state index in [1.807, 2.05) is 24.4 Å². The van der Waals surface area contributed by atoms with Crippen molar-refractivity contribution in [2.45, 2.75) is 38.8 Å². The largest absolute Gasteiger partial charge is 0.465 e. The predicted octanol–water partition coefficient (Wildman–Crippen LogP) is 4.09. The molecule has 38 heavy (non-hydrogen) atoms. The van der Waals surface area contributed by atoms with Crippen LogP contribution < -0.4 is 15.5 Å². The lowest BCUT2D eigenvalue weighted by Crippen LogP contribution is -2.52. The van der Waals surface area contributed by atoms with Gasteiger partial charge in [0, 0.05) is 37.1 Å². The lowest BCUT2D eigenvalue weighted by Gasteiger charge is -2.37. The van der Waals surface area contributed by atoms with E-state index >= 15 is 0 Å². The van der Waals surface area contributed by atoms with Gasteiger partial charge in [-0.2, -0.15) is 10.4 Å². The zero-order valence-electron chi connectivity index (χ0n) is 21.0. The molecule has 11 nitrogen and oxygen atoms in total. The molecule has 1 aliphatic heterocycles. The highest BCUT2D eigenvalue weighted by Gasteiger charge is 2.43. The van der Waals surface area contributed by atoms with Gasteiger partial charge in [0.25, 0.3) is 0 Å². The molecule has 4 aromatic heterocycles. The van der Waals surface area contributed by atoms with E-state index in [9.17, 15) is 15.2 Å². The van der Waals surface area contributed by atoms with Crippen molar-refractivity contribution in [3.8, 4) is 28.0 Å². The number of aromatic nitrogens is 5. The number of nitrogens with zero attached hydrogens (tertiary/aromatic N) is 7. The average Bonchev–Trinajstić information content (AvgIpc) is 3.59. The van der Waals surface area contributed by atoms with Crippen LogP contribution in [-0.4, -0.2) is 61.2 Å². The number of hydrogen-bond donors (Lipinski definition) is 3. The fourth-order valence-corrected chi connectivity index (χ4v) is 6.55. The molecular weight excluding hydrogens is 502 g/mol. The molecule has 1 amide bonds. The maximum atomic E-state index is 11.2. The molecule has 2 fully saturated rings. The van der Waals surface area contributed by atoms with Gasteiger partial charge in [-0.1, -0.05) is 11.3 Å². The number of pyridine rings is 1. The molecule has 0 aromatic carbocycles. The summed E-state index contributed by atoms with van der Waals surface area (Å²) in [4.78, 5) is 18.2. The minimum atomic E-state index is -0.949. The molecule has 4 aromatic rings. The molecule has 3 N–H and O–H groups in total. The summed E-state index contributed by atoms with van der Waals surface area (Å²) in [6, 6.07) is 10.0. The van der Waals surface area contributed by atoms with Crippen molar-refractivity contribution in [3.05, 3.63) is 42.2 Å². The number of hydrogen-bond acceptors (Lipinski definition) is 9. The summed E-state index contributed by atoms with van der Waals surface area (Å²) in [7, 11) is 0. The second-order valence-corrected chi connectivity index (χ2v) is 11.1. The van der Waals surface area contributed by atoms with Crippen molar-refractivity contribution in [2.75, 3.05) is 23.3 Å². The average molecular weight is 530 g/mol. The summed E-state index contributed by atoms with van der Waals surface area (Å²) in [6.07, 6.45) is 4.46. The van der Waals surface area contributed by atoms with Crippen LogP contribution in [0.2, 0.25) is 0 Å². The fraction of sp³-hybridized carbons (Fsp3) is 0.385. The van der Waals surface area contributed by atoms with Crippen LogP contribution in [0.3, 0.4) is 0 Å². The van der Waals surface area contributed by atoms with E-state index in [-0.39, 0.29) is 23.9 Å². The SMILES string of the molecule is CC(C)Nc1cc(-c2ccc3cc(C#N)cnn23)ncc1-c1nnc(N2C[C@H]3CC[C@@H](C2)[C@@H]3NC(=O)O)s1. The summed E-state index contributed by atoms with van der Waals surface area (Å²) < 4.78 is 1.78. The number of piperidine rings is 1. The quantitative estimate of drug-likeness (QED) is 0.336. The maximum Gasteiger partial charge on any atom is 0.404 e. The third kappa shape index (κ3) is 4.39. The molecule has 1 saturated heterocycles. The van der Waals surface area contributed by atoms with Crippen LogP contribution in [0.4, 0.5) is 15.6 Å². The number of amides is 1. The topological polar surface area (TPSA) is 144 Å². The normalized spacial score (nSPS) is 20.6. The van der Waals surface area contributed by atoms with Crippen LogP contribution in [0.5, 0.6) is 0 Å². The van der Waals surface area contributed by atoms with Crippen LogP contribution >= 0.6 is 11.3 Å². The molecular formula is C26H27N9O2S. The lowest BCUT2D eigenvalue weighted by molar-refractivity contribution is 0.178. The Labute approximate surface area is 223 Å². The lowest BCUT2D eigenvalue weighted by atomic mass is 9.92. The minimum Gasteiger partial charge on any atom is -0.465 e. The standard InChI is InChI=1S/C26H27N9O2S/c1-14(2)30-20-8-21(22-6-5-18-7-15(9-27)10-29-35(18)22)28-11-19(20)24-32-33-25(38-24)34-12-16-3-4-17(13-34)23(16)31-26(36)37/h5-8,10-11,14,16-17,23,31H,3-4,12-13H2,1-2H3,(H,28,30)(H,36,37)/t16-,17+,23-. The first kappa shape index (κ1) is 24.1. The molecule has 1 saturated carbocycles. The molecule has 194 valence electrons. The van der Waals surface area contributed by atoms with Crippen molar-refractivity contribution >= 4 is 33.8 Å². The Morgan fingerprint density at radius 2 is 1.97 bits per heavy atom. The van der Waals surface area contributed by atoms with Crippen LogP contribution in [0.1, 0.15) is 32.3 Å². The van der Waals surface area contributed by atoms with E-state index in [2.05, 4.69) is 50.7 Å². The molecule has 2 aliphatic rings. The third-order valence-electron chi connectivity index (χ3n) is 7.28. The van der Waals surface area contributed by atoms with E-state index in [1.54, 1.807) is 16.8 Å². The molecule has 5 heterocycles. The summed E-state index contributed by atoms with van der Waals surface area (Å²) >= 11 is 1.53. The van der Waals surface area contributed by atoms with Gasteiger partial charge in [-0.25, -0.2) is 9.31 Å². The molecule has 2 bridgehead atoms. The van der Waals surface area contributed by atoms with Crippen LogP contribution in [0.25, 0.3) is 27.5 Å². The Morgan fingerprint density at radius 1 is 1.18 bits per heavy atom. The van der Waals surface area contributed by atoms with Crippen molar-refractivity contribution < 1.29 is 9.90 Å². The summed E-state index contributed by atoms with van der Waals surface area (Å²) in [5.74, 6) is 0.567. The van der Waals surface area contributed by atoms with Crippen molar-refractivity contribution in [1.29, 1.82) is 5.26 Å². The van der Waals surface area contributed by atoms with E-state index in [0.717, 1.165) is 64.2 Å². The highest BCUT2D eigenvalue weighted by molar-refractivity contribution is 7.18. The van der Waals surface area contributed by atoms with Crippen LogP contribution in [-0.2, 0) is 0 Å². The molecule has 6 rings (SSSR count).